The number of rotatable bonds is 5. The highest BCUT2D eigenvalue weighted by Crippen LogP contribution is 2.21. The molecule has 0 aliphatic carbocycles. The van der Waals surface area contributed by atoms with Crippen LogP contribution >= 0.6 is 0 Å². The molecule has 0 saturated heterocycles. The minimum absolute atomic E-state index is 0.309. The second kappa shape index (κ2) is 8.75. The Morgan fingerprint density at radius 3 is 2.50 bits per heavy atom. The molecule has 7 heteroatoms. The van der Waals surface area contributed by atoms with E-state index in [9.17, 15) is 8.42 Å². The van der Waals surface area contributed by atoms with E-state index < -0.39 is 10.0 Å². The zero-order chi connectivity index (χ0) is 20.1. The Morgan fingerprint density at radius 2 is 1.79 bits per heavy atom. The largest absolute Gasteiger partial charge is 0.356 e. The normalized spacial score (nSPS) is 14.9. The van der Waals surface area contributed by atoms with Gasteiger partial charge in [-0.2, -0.15) is 0 Å². The van der Waals surface area contributed by atoms with Crippen molar-refractivity contribution in [1.29, 1.82) is 0 Å². The lowest BCUT2D eigenvalue weighted by molar-refractivity contribution is 0.378. The molecule has 0 spiro atoms. The molecular formula is C21H28N4O2S. The van der Waals surface area contributed by atoms with Crippen molar-refractivity contribution < 1.29 is 8.42 Å². The summed E-state index contributed by atoms with van der Waals surface area (Å²) < 4.78 is 26.5. The molecule has 0 amide bonds. The predicted octanol–water partition coefficient (Wildman–Crippen LogP) is 2.46. The molecule has 1 aliphatic rings. The second-order valence-corrected chi connectivity index (χ2v) is 9.13. The van der Waals surface area contributed by atoms with Gasteiger partial charge in [0.1, 0.15) is 0 Å². The molecule has 0 aromatic heterocycles. The first kappa shape index (κ1) is 20.4. The Kier molecular flexibility index (Phi) is 6.36. The molecule has 0 bridgehead atoms. The Morgan fingerprint density at radius 1 is 1.11 bits per heavy atom. The molecule has 28 heavy (non-hydrogen) atoms. The van der Waals surface area contributed by atoms with Gasteiger partial charge in [0.15, 0.2) is 5.96 Å². The molecule has 0 atom stereocenters. The van der Waals surface area contributed by atoms with Crippen LogP contribution in [-0.2, 0) is 29.5 Å². The first-order chi connectivity index (χ1) is 13.4. The zero-order valence-electron chi connectivity index (χ0n) is 16.7. The van der Waals surface area contributed by atoms with E-state index in [0.29, 0.717) is 17.0 Å². The summed E-state index contributed by atoms with van der Waals surface area (Å²) in [4.78, 5) is 7.30. The van der Waals surface area contributed by atoms with Gasteiger partial charge in [-0.25, -0.2) is 17.7 Å². The number of nitrogens with zero attached hydrogens (tertiary/aromatic N) is 3. The highest BCUT2D eigenvalue weighted by atomic mass is 32.2. The standard InChI is InChI=1S/C21H28N4O2S/c1-4-22-21(25-14-13-17-9-5-6-11-19(17)16-25)23-15-18-10-7-8-12-20(18)28(26,27)24(2)3/h5-12H,4,13-16H2,1-3H3,(H,22,23). The third kappa shape index (κ3) is 4.36. The van der Waals surface area contributed by atoms with Crippen molar-refractivity contribution in [1.82, 2.24) is 14.5 Å². The van der Waals surface area contributed by atoms with E-state index in [1.165, 1.54) is 15.4 Å². The van der Waals surface area contributed by atoms with Crippen molar-refractivity contribution in [2.45, 2.75) is 31.3 Å². The summed E-state index contributed by atoms with van der Waals surface area (Å²) in [7, 11) is -0.410. The maximum Gasteiger partial charge on any atom is 0.242 e. The average Bonchev–Trinajstić information content (AvgIpc) is 2.70. The summed E-state index contributed by atoms with van der Waals surface area (Å²) in [5.74, 6) is 0.814. The molecule has 0 radical (unpaired) electrons. The van der Waals surface area contributed by atoms with E-state index in [-0.39, 0.29) is 0 Å². The quantitative estimate of drug-likeness (QED) is 0.619. The van der Waals surface area contributed by atoms with Crippen LogP contribution in [0.5, 0.6) is 0 Å². The molecule has 1 heterocycles. The topological polar surface area (TPSA) is 65.0 Å². The van der Waals surface area contributed by atoms with Gasteiger partial charge < -0.3 is 10.2 Å². The lowest BCUT2D eigenvalue weighted by Crippen LogP contribution is -2.44. The van der Waals surface area contributed by atoms with Gasteiger partial charge in [-0.05, 0) is 36.1 Å². The van der Waals surface area contributed by atoms with Crippen molar-refractivity contribution in [2.75, 3.05) is 27.2 Å². The van der Waals surface area contributed by atoms with Crippen LogP contribution in [0, 0.1) is 0 Å². The van der Waals surface area contributed by atoms with Crippen LogP contribution < -0.4 is 5.32 Å². The molecule has 2 aromatic carbocycles. The minimum atomic E-state index is -3.50. The van der Waals surface area contributed by atoms with Crippen molar-refractivity contribution in [3.05, 3.63) is 65.2 Å². The molecule has 1 aliphatic heterocycles. The molecule has 0 unspecified atom stereocenters. The van der Waals surface area contributed by atoms with Gasteiger partial charge >= 0.3 is 0 Å². The van der Waals surface area contributed by atoms with Gasteiger partial charge in [-0.15, -0.1) is 0 Å². The van der Waals surface area contributed by atoms with Crippen LogP contribution in [0.4, 0.5) is 0 Å². The van der Waals surface area contributed by atoms with E-state index in [0.717, 1.165) is 32.0 Å². The lowest BCUT2D eigenvalue weighted by atomic mass is 10.0. The Bertz CT molecular complexity index is 954. The van der Waals surface area contributed by atoms with E-state index in [1.807, 2.05) is 19.1 Å². The lowest BCUT2D eigenvalue weighted by Gasteiger charge is -2.31. The SMILES string of the molecule is CCNC(=NCc1ccccc1S(=O)(=O)N(C)C)N1CCc2ccccc2C1. The van der Waals surface area contributed by atoms with E-state index >= 15 is 0 Å². The Hall–Kier alpha value is -2.38. The number of nitrogens with one attached hydrogen (secondary N) is 1. The third-order valence-electron chi connectivity index (χ3n) is 4.90. The molecule has 3 rings (SSSR count). The number of benzene rings is 2. The number of hydrogen-bond acceptors (Lipinski definition) is 3. The fourth-order valence-corrected chi connectivity index (χ4v) is 4.45. The third-order valence-corrected chi connectivity index (χ3v) is 6.81. The van der Waals surface area contributed by atoms with Gasteiger partial charge in [0.05, 0.1) is 11.4 Å². The highest BCUT2D eigenvalue weighted by molar-refractivity contribution is 7.89. The van der Waals surface area contributed by atoms with Crippen LogP contribution in [0.2, 0.25) is 0 Å². The van der Waals surface area contributed by atoms with Gasteiger partial charge in [-0.3, -0.25) is 0 Å². The van der Waals surface area contributed by atoms with Crippen molar-refractivity contribution in [3.8, 4) is 0 Å². The van der Waals surface area contributed by atoms with Gasteiger partial charge in [-0.1, -0.05) is 42.5 Å². The monoisotopic (exact) mass is 400 g/mol. The molecule has 0 saturated carbocycles. The fourth-order valence-electron chi connectivity index (χ4n) is 3.35. The number of fused-ring (bicyclic) bond motifs is 1. The van der Waals surface area contributed by atoms with Crippen molar-refractivity contribution in [2.24, 2.45) is 4.99 Å². The number of aliphatic imine (C=N–C) groups is 1. The zero-order valence-corrected chi connectivity index (χ0v) is 17.5. The summed E-state index contributed by atoms with van der Waals surface area (Å²) >= 11 is 0. The summed E-state index contributed by atoms with van der Waals surface area (Å²) in [5.41, 5.74) is 3.40. The first-order valence-corrected chi connectivity index (χ1v) is 11.0. The predicted molar refractivity (Wildman–Crippen MR) is 113 cm³/mol. The van der Waals surface area contributed by atoms with Gasteiger partial charge in [0, 0.05) is 33.7 Å². The van der Waals surface area contributed by atoms with Crippen molar-refractivity contribution >= 4 is 16.0 Å². The van der Waals surface area contributed by atoms with Crippen molar-refractivity contribution in [3.63, 3.8) is 0 Å². The number of hydrogen-bond donors (Lipinski definition) is 1. The summed E-state index contributed by atoms with van der Waals surface area (Å²) in [5, 5.41) is 3.35. The second-order valence-electron chi connectivity index (χ2n) is 7.01. The van der Waals surface area contributed by atoms with Crippen LogP contribution in [0.15, 0.2) is 58.4 Å². The Balaban J connectivity index is 1.86. The smallest absolute Gasteiger partial charge is 0.242 e. The summed E-state index contributed by atoms with van der Waals surface area (Å²) in [6.45, 7) is 4.80. The van der Waals surface area contributed by atoms with Crippen LogP contribution in [0.25, 0.3) is 0 Å². The maximum atomic E-state index is 12.6. The van der Waals surface area contributed by atoms with Gasteiger partial charge in [0.2, 0.25) is 10.0 Å². The summed E-state index contributed by atoms with van der Waals surface area (Å²) in [6.07, 6.45) is 0.978. The molecule has 2 aromatic rings. The fraction of sp³-hybridized carbons (Fsp3) is 0.381. The molecule has 150 valence electrons. The van der Waals surface area contributed by atoms with Gasteiger partial charge in [0.25, 0.3) is 0 Å². The maximum absolute atomic E-state index is 12.6. The van der Waals surface area contributed by atoms with Crippen LogP contribution in [0.3, 0.4) is 0 Å². The molecular weight excluding hydrogens is 372 g/mol. The van der Waals surface area contributed by atoms with Crippen LogP contribution in [-0.4, -0.2) is 50.8 Å². The summed E-state index contributed by atoms with van der Waals surface area (Å²) in [6, 6.07) is 15.5. The average molecular weight is 401 g/mol. The number of guanidine groups is 1. The van der Waals surface area contributed by atoms with E-state index in [1.54, 1.807) is 26.2 Å². The minimum Gasteiger partial charge on any atom is -0.356 e. The number of sulfonamides is 1. The van der Waals surface area contributed by atoms with E-state index in [4.69, 9.17) is 4.99 Å². The van der Waals surface area contributed by atoms with Crippen LogP contribution in [0.1, 0.15) is 23.6 Å². The molecule has 0 fully saturated rings. The highest BCUT2D eigenvalue weighted by Gasteiger charge is 2.22. The molecule has 1 N–H and O–H groups in total. The first-order valence-electron chi connectivity index (χ1n) is 9.54. The van der Waals surface area contributed by atoms with E-state index in [2.05, 4.69) is 34.5 Å². The molecule has 6 nitrogen and oxygen atoms in total. The Labute approximate surface area is 167 Å².